The van der Waals surface area contributed by atoms with E-state index in [4.69, 9.17) is 14.2 Å². The largest absolute Gasteiger partial charge is 0.512 e. The molecule has 7 nitrogen and oxygen atoms in total. The van der Waals surface area contributed by atoms with Crippen LogP contribution >= 0.6 is 0 Å². The number of rotatable bonds is 3. The number of Topliss-reactive ketones (excluding diaryl/α,β-unsaturated/α-hetero) is 1. The van der Waals surface area contributed by atoms with Crippen molar-refractivity contribution in [3.8, 4) is 0 Å². The molecule has 0 amide bonds. The van der Waals surface area contributed by atoms with Gasteiger partial charge in [-0.2, -0.15) is 0 Å². The highest BCUT2D eigenvalue weighted by molar-refractivity contribution is 5.91. The Morgan fingerprint density at radius 3 is 2.23 bits per heavy atom. The number of carbonyl (C=O) groups excluding carboxylic acids is 2. The Labute approximate surface area is 211 Å². The number of cyclic esters (lactones) is 1. The molecule has 2 rings (SSSR count). The molecule has 2 aliphatic rings. The van der Waals surface area contributed by atoms with Crippen molar-refractivity contribution in [1.29, 1.82) is 0 Å². The molecular weight excluding hydrogens is 448 g/mol. The van der Waals surface area contributed by atoms with E-state index in [1.165, 1.54) is 6.92 Å². The van der Waals surface area contributed by atoms with E-state index in [1.807, 2.05) is 13.8 Å². The summed E-state index contributed by atoms with van der Waals surface area (Å²) >= 11 is 0. The van der Waals surface area contributed by atoms with Gasteiger partial charge in [0.25, 0.3) is 0 Å². The van der Waals surface area contributed by atoms with Crippen molar-refractivity contribution in [2.75, 3.05) is 0 Å². The summed E-state index contributed by atoms with van der Waals surface area (Å²) in [5.74, 6) is -1.94. The number of aliphatic hydroxyl groups is 2. The van der Waals surface area contributed by atoms with Crippen LogP contribution < -0.4 is 0 Å². The predicted octanol–water partition coefficient (Wildman–Crippen LogP) is 5.34. The number of hydrogen-bond acceptors (Lipinski definition) is 7. The molecule has 0 aromatic heterocycles. The predicted molar refractivity (Wildman–Crippen MR) is 135 cm³/mol. The van der Waals surface area contributed by atoms with Crippen LogP contribution in [0.25, 0.3) is 0 Å². The Balaban J connectivity index is 2.43. The molecule has 10 atom stereocenters. The Morgan fingerprint density at radius 1 is 1.03 bits per heavy atom. The van der Waals surface area contributed by atoms with E-state index >= 15 is 0 Å². The third-order valence-electron chi connectivity index (χ3n) is 7.87. The first-order valence-corrected chi connectivity index (χ1v) is 13.4. The van der Waals surface area contributed by atoms with E-state index in [0.29, 0.717) is 12.3 Å². The molecule has 0 saturated carbocycles. The molecule has 7 heteroatoms. The molecule has 0 spiro atoms. The average molecular weight is 497 g/mol. The number of allylic oxidation sites excluding steroid dienone is 2. The first-order chi connectivity index (χ1) is 16.2. The number of carbonyl (C=O) groups is 2. The zero-order valence-corrected chi connectivity index (χ0v) is 23.2. The van der Waals surface area contributed by atoms with Crippen molar-refractivity contribution in [1.82, 2.24) is 0 Å². The molecule has 2 aliphatic heterocycles. The Kier molecular flexibility index (Phi) is 10.4. The maximum atomic E-state index is 13.3. The molecule has 202 valence electrons. The summed E-state index contributed by atoms with van der Waals surface area (Å²) in [6.07, 6.45) is 1.56. The average Bonchev–Trinajstić information content (AvgIpc) is 2.77. The van der Waals surface area contributed by atoms with Crippen LogP contribution in [0.3, 0.4) is 0 Å². The molecule has 0 aliphatic carbocycles. The Hall–Kier alpha value is -1.44. The normalized spacial score (nSPS) is 45.0. The van der Waals surface area contributed by atoms with Gasteiger partial charge < -0.3 is 24.4 Å². The van der Waals surface area contributed by atoms with Gasteiger partial charge in [0.15, 0.2) is 17.7 Å². The number of ketones is 1. The van der Waals surface area contributed by atoms with Crippen LogP contribution in [0.15, 0.2) is 11.3 Å². The van der Waals surface area contributed by atoms with Gasteiger partial charge in [0.05, 0.1) is 24.0 Å². The molecule has 0 radical (unpaired) electrons. The molecule has 2 heterocycles. The molecule has 7 unspecified atom stereocenters. The topological polar surface area (TPSA) is 102 Å². The monoisotopic (exact) mass is 496 g/mol. The lowest BCUT2D eigenvalue weighted by Gasteiger charge is -2.39. The van der Waals surface area contributed by atoms with Crippen molar-refractivity contribution >= 4 is 11.8 Å². The smallest absolute Gasteiger partial charge is 0.311 e. The van der Waals surface area contributed by atoms with E-state index in [9.17, 15) is 19.8 Å². The first kappa shape index (κ1) is 29.8. The summed E-state index contributed by atoms with van der Waals surface area (Å²) in [6.45, 7) is 16.7. The maximum Gasteiger partial charge on any atom is 0.311 e. The van der Waals surface area contributed by atoms with Crippen molar-refractivity contribution < 1.29 is 34.0 Å². The molecule has 0 aromatic rings. The van der Waals surface area contributed by atoms with Gasteiger partial charge in [0, 0.05) is 6.42 Å². The van der Waals surface area contributed by atoms with Gasteiger partial charge in [-0.3, -0.25) is 9.59 Å². The van der Waals surface area contributed by atoms with Crippen molar-refractivity contribution in [3.63, 3.8) is 0 Å². The summed E-state index contributed by atoms with van der Waals surface area (Å²) in [5, 5.41) is 22.0. The summed E-state index contributed by atoms with van der Waals surface area (Å²) in [7, 11) is 0. The molecule has 2 N–H and O–H groups in total. The first-order valence-electron chi connectivity index (χ1n) is 13.4. The van der Waals surface area contributed by atoms with Gasteiger partial charge in [0.1, 0.15) is 11.9 Å². The van der Waals surface area contributed by atoms with Crippen molar-refractivity contribution in [3.05, 3.63) is 11.3 Å². The lowest BCUT2D eigenvalue weighted by molar-refractivity contribution is -0.239. The lowest BCUT2D eigenvalue weighted by atomic mass is 9.81. The Morgan fingerprint density at radius 2 is 1.66 bits per heavy atom. The van der Waals surface area contributed by atoms with Crippen LogP contribution in [0.2, 0.25) is 0 Å². The van der Waals surface area contributed by atoms with Gasteiger partial charge in [0.2, 0.25) is 0 Å². The molecule has 1 fully saturated rings. The minimum atomic E-state index is -1.94. The van der Waals surface area contributed by atoms with E-state index in [1.54, 1.807) is 20.8 Å². The van der Waals surface area contributed by atoms with Crippen LogP contribution in [0.1, 0.15) is 94.4 Å². The Bertz CT molecular complexity index is 763. The second-order valence-corrected chi connectivity index (χ2v) is 11.6. The summed E-state index contributed by atoms with van der Waals surface area (Å²) in [4.78, 5) is 26.5. The number of aliphatic hydroxyl groups excluding tert-OH is 1. The quantitative estimate of drug-likeness (QED) is 0.508. The highest BCUT2D eigenvalue weighted by atomic mass is 16.7. The third-order valence-corrected chi connectivity index (χ3v) is 7.87. The molecule has 1 saturated heterocycles. The van der Waals surface area contributed by atoms with Gasteiger partial charge in [-0.1, -0.05) is 27.7 Å². The van der Waals surface area contributed by atoms with Crippen molar-refractivity contribution in [2.24, 2.45) is 29.6 Å². The van der Waals surface area contributed by atoms with Crippen LogP contribution in [-0.2, 0) is 23.8 Å². The molecule has 35 heavy (non-hydrogen) atoms. The highest BCUT2D eigenvalue weighted by Gasteiger charge is 2.46. The minimum absolute atomic E-state index is 0.0150. The van der Waals surface area contributed by atoms with E-state index in [2.05, 4.69) is 20.8 Å². The number of hydrogen-bond donors (Lipinski definition) is 2. The fourth-order valence-electron chi connectivity index (χ4n) is 5.92. The maximum absolute atomic E-state index is 13.3. The van der Waals surface area contributed by atoms with Gasteiger partial charge in [-0.05, 0) is 83.6 Å². The van der Waals surface area contributed by atoms with Gasteiger partial charge in [-0.15, -0.1) is 0 Å². The fourth-order valence-corrected chi connectivity index (χ4v) is 5.92. The van der Waals surface area contributed by atoms with Crippen LogP contribution in [-0.4, -0.2) is 52.2 Å². The van der Waals surface area contributed by atoms with E-state index in [-0.39, 0.29) is 30.1 Å². The van der Waals surface area contributed by atoms with E-state index < -0.39 is 47.7 Å². The number of esters is 1. The minimum Gasteiger partial charge on any atom is -0.512 e. The molecule has 0 aromatic carbocycles. The second-order valence-electron chi connectivity index (χ2n) is 11.6. The third kappa shape index (κ3) is 7.30. The molecule has 0 bridgehead atoms. The lowest BCUT2D eigenvalue weighted by Crippen LogP contribution is -2.52. The summed E-state index contributed by atoms with van der Waals surface area (Å²) in [6, 6.07) is 0. The summed E-state index contributed by atoms with van der Waals surface area (Å²) in [5.41, 5.74) is -1.21. The van der Waals surface area contributed by atoms with Crippen LogP contribution in [0, 0.1) is 29.6 Å². The van der Waals surface area contributed by atoms with Crippen molar-refractivity contribution in [2.45, 2.75) is 125 Å². The highest BCUT2D eigenvalue weighted by Crippen LogP contribution is 2.34. The second kappa shape index (κ2) is 12.2. The van der Waals surface area contributed by atoms with E-state index in [0.717, 1.165) is 24.8 Å². The zero-order chi connectivity index (χ0) is 26.7. The fraction of sp³-hybridized carbons (Fsp3) is 0.857. The van der Waals surface area contributed by atoms with Crippen LogP contribution in [0.5, 0.6) is 0 Å². The zero-order valence-electron chi connectivity index (χ0n) is 23.2. The molecular formula is C28H48O7. The summed E-state index contributed by atoms with van der Waals surface area (Å²) < 4.78 is 18.3. The standard InChI is InChI=1S/C28H48O7/c1-10-22-28(9,32)26(30)20(7)24(29)17(4)11-15(2)12-18(5)25(21(8)27(31)34-22)35-23-14-16(3)13-19(6)33-23/h15-16,18-23,25,29,32H,10-14H2,1-9H3/b24-17-/t15?,16?,18?,19?,20-,21?,22?,23-,25?,28+/m0/s1. The number of ether oxygens (including phenoxy) is 3. The van der Waals surface area contributed by atoms with Crippen LogP contribution in [0.4, 0.5) is 0 Å². The SMILES string of the molecule is CCC1OC(=O)C(C)C(O[C@H]2CC(C)CC(C)O2)C(C)CC(C)C/C(C)=C(\O)[C@H](C)C(=O)[C@]1(C)O. The van der Waals surface area contributed by atoms with Gasteiger partial charge >= 0.3 is 5.97 Å². The van der Waals surface area contributed by atoms with Gasteiger partial charge in [-0.25, -0.2) is 0 Å².